The molecule has 11 unspecified atom stereocenters. The van der Waals surface area contributed by atoms with E-state index in [-0.39, 0.29) is 26.1 Å². The van der Waals surface area contributed by atoms with Gasteiger partial charge in [-0.25, -0.2) is 0 Å². The molecule has 0 aromatic heterocycles. The molecule has 0 aromatic rings. The highest BCUT2D eigenvalue weighted by Gasteiger charge is 2.47. The van der Waals surface area contributed by atoms with Crippen molar-refractivity contribution in [3.05, 3.63) is 48.6 Å². The first-order chi connectivity index (χ1) is 35.0. The van der Waals surface area contributed by atoms with Crippen molar-refractivity contribution in [3.63, 3.8) is 0 Å². The zero-order chi connectivity index (χ0) is 52.4. The third-order valence-corrected chi connectivity index (χ3v) is 13.3. The van der Waals surface area contributed by atoms with Crippen molar-refractivity contribution in [2.75, 3.05) is 26.4 Å². The number of rotatable bonds is 44. The van der Waals surface area contributed by atoms with Gasteiger partial charge in [0.1, 0.15) is 55.4 Å². The summed E-state index contributed by atoms with van der Waals surface area (Å²) in [6.45, 7) is 2.49. The van der Waals surface area contributed by atoms with E-state index < -0.39 is 92.7 Å². The van der Waals surface area contributed by atoms with Crippen molar-refractivity contribution in [1.29, 1.82) is 0 Å². The van der Waals surface area contributed by atoms with Gasteiger partial charge in [0.15, 0.2) is 18.7 Å². The molecule has 0 radical (unpaired) electrons. The van der Waals surface area contributed by atoms with Crippen LogP contribution in [0.2, 0.25) is 0 Å². The molecule has 72 heavy (non-hydrogen) atoms. The zero-order valence-electron chi connectivity index (χ0n) is 44.4. The van der Waals surface area contributed by atoms with Gasteiger partial charge in [-0.1, -0.05) is 191 Å². The second-order valence-corrected chi connectivity index (χ2v) is 19.7. The third-order valence-electron chi connectivity index (χ3n) is 13.3. The van der Waals surface area contributed by atoms with E-state index in [0.717, 1.165) is 77.0 Å². The number of carbonyl (C=O) groups excluding carboxylic acids is 2. The lowest BCUT2D eigenvalue weighted by Gasteiger charge is -2.42. The fraction of sp³-hybridized carbons (Fsp3) is 0.825. The second-order valence-electron chi connectivity index (χ2n) is 19.7. The third kappa shape index (κ3) is 30.7. The van der Waals surface area contributed by atoms with Gasteiger partial charge in [-0.05, 0) is 51.4 Å². The quantitative estimate of drug-likeness (QED) is 0.0171. The molecule has 0 bridgehead atoms. The van der Waals surface area contributed by atoms with Crippen LogP contribution in [0.25, 0.3) is 0 Å². The van der Waals surface area contributed by atoms with Crippen molar-refractivity contribution >= 4 is 11.9 Å². The van der Waals surface area contributed by atoms with Crippen LogP contribution in [0.3, 0.4) is 0 Å². The van der Waals surface area contributed by atoms with E-state index in [0.29, 0.717) is 12.8 Å². The molecule has 0 saturated carbocycles. The number of carbonyl (C=O) groups is 2. The highest BCUT2D eigenvalue weighted by Crippen LogP contribution is 2.27. The molecule has 15 nitrogen and oxygen atoms in total. The molecule has 0 aliphatic carbocycles. The minimum absolute atomic E-state index is 0.156. The van der Waals surface area contributed by atoms with Crippen LogP contribution >= 0.6 is 0 Å². The molecule has 15 heteroatoms. The fourth-order valence-electron chi connectivity index (χ4n) is 8.74. The number of esters is 2. The molecule has 2 aliphatic rings. The first kappa shape index (κ1) is 65.6. The van der Waals surface area contributed by atoms with E-state index in [2.05, 4.69) is 62.5 Å². The van der Waals surface area contributed by atoms with Crippen LogP contribution in [0.5, 0.6) is 0 Å². The summed E-state index contributed by atoms with van der Waals surface area (Å²) in [5.74, 6) is -0.928. The molecular weight excluding hydrogens is 925 g/mol. The van der Waals surface area contributed by atoms with E-state index in [1.807, 2.05) is 0 Å². The molecule has 0 amide bonds. The standard InChI is InChI=1S/C57H100O15/c1-3-5-7-9-11-13-15-17-19-20-21-22-23-24-26-28-30-32-34-36-38-40-49(60)70-45(42-67-48(59)39-37-35-33-31-29-27-25-18-16-14-12-10-8-6-4-2)43-68-56-55(66)53(64)51(62)47(72-56)44-69-57-54(65)52(63)50(61)46(41-58)71-57/h5,7,11,13,17,19,21-22,45-47,50-58,61-66H,3-4,6,8-10,12,14-16,18,20,23-44H2,1-2H3/b7-5-,13-11-,19-17-,22-21-. The number of aliphatic hydroxyl groups excluding tert-OH is 7. The molecule has 0 aromatic carbocycles. The molecule has 0 spiro atoms. The Labute approximate surface area is 433 Å². The Kier molecular flexibility index (Phi) is 39.8. The lowest BCUT2D eigenvalue weighted by atomic mass is 9.98. The number of hydrogen-bond donors (Lipinski definition) is 7. The average Bonchev–Trinajstić information content (AvgIpc) is 3.37. The maximum absolute atomic E-state index is 13.1. The topological polar surface area (TPSA) is 231 Å². The Morgan fingerprint density at radius 3 is 1.38 bits per heavy atom. The number of allylic oxidation sites excluding steroid dienone is 8. The summed E-state index contributed by atoms with van der Waals surface area (Å²) in [5, 5.41) is 72.2. The monoisotopic (exact) mass is 1020 g/mol. The lowest BCUT2D eigenvalue weighted by Crippen LogP contribution is -2.61. The Bertz CT molecular complexity index is 1440. The first-order valence-corrected chi connectivity index (χ1v) is 28.2. The molecule has 2 fully saturated rings. The van der Waals surface area contributed by atoms with E-state index >= 15 is 0 Å². The van der Waals surface area contributed by atoms with Gasteiger partial charge < -0.3 is 64.2 Å². The smallest absolute Gasteiger partial charge is 0.306 e. The number of ether oxygens (including phenoxy) is 6. The van der Waals surface area contributed by atoms with Gasteiger partial charge in [0.25, 0.3) is 0 Å². The van der Waals surface area contributed by atoms with Crippen molar-refractivity contribution in [1.82, 2.24) is 0 Å². The molecular formula is C57H100O15. The van der Waals surface area contributed by atoms with E-state index in [9.17, 15) is 45.3 Å². The van der Waals surface area contributed by atoms with Crippen molar-refractivity contribution in [2.24, 2.45) is 0 Å². The Balaban J connectivity index is 1.77. The number of aliphatic hydroxyl groups is 7. The summed E-state index contributed by atoms with van der Waals surface area (Å²) in [6, 6.07) is 0. The highest BCUT2D eigenvalue weighted by molar-refractivity contribution is 5.70. The Hall–Kier alpha value is -2.54. The van der Waals surface area contributed by atoms with Crippen LogP contribution in [0.4, 0.5) is 0 Å². The molecule has 11 atom stereocenters. The number of hydrogen-bond acceptors (Lipinski definition) is 15. The van der Waals surface area contributed by atoms with Crippen molar-refractivity contribution < 1.29 is 73.8 Å². The predicted octanol–water partition coefficient (Wildman–Crippen LogP) is 9.05. The largest absolute Gasteiger partial charge is 0.462 e. The number of unbranched alkanes of at least 4 members (excludes halogenated alkanes) is 22. The molecule has 2 rings (SSSR count). The fourth-order valence-corrected chi connectivity index (χ4v) is 8.74. The van der Waals surface area contributed by atoms with Crippen LogP contribution in [-0.4, -0.2) is 142 Å². The van der Waals surface area contributed by atoms with E-state index in [1.54, 1.807) is 0 Å². The van der Waals surface area contributed by atoms with Gasteiger partial charge in [0, 0.05) is 12.8 Å². The lowest BCUT2D eigenvalue weighted by molar-refractivity contribution is -0.332. The van der Waals surface area contributed by atoms with Gasteiger partial charge in [-0.15, -0.1) is 0 Å². The van der Waals surface area contributed by atoms with Crippen molar-refractivity contribution in [2.45, 2.75) is 274 Å². The van der Waals surface area contributed by atoms with E-state index in [1.165, 1.54) is 89.9 Å². The van der Waals surface area contributed by atoms with Gasteiger partial charge in [-0.2, -0.15) is 0 Å². The van der Waals surface area contributed by atoms with Gasteiger partial charge in [-0.3, -0.25) is 9.59 Å². The van der Waals surface area contributed by atoms with Crippen LogP contribution in [-0.2, 0) is 38.0 Å². The van der Waals surface area contributed by atoms with E-state index in [4.69, 9.17) is 28.4 Å². The predicted molar refractivity (Wildman–Crippen MR) is 280 cm³/mol. The van der Waals surface area contributed by atoms with Gasteiger partial charge >= 0.3 is 11.9 Å². The van der Waals surface area contributed by atoms with Crippen LogP contribution in [0, 0.1) is 0 Å². The first-order valence-electron chi connectivity index (χ1n) is 28.2. The highest BCUT2D eigenvalue weighted by atomic mass is 16.7. The summed E-state index contributed by atoms with van der Waals surface area (Å²) in [5.41, 5.74) is 0. The van der Waals surface area contributed by atoms with Crippen LogP contribution < -0.4 is 0 Å². The zero-order valence-corrected chi connectivity index (χ0v) is 44.4. The van der Waals surface area contributed by atoms with Gasteiger partial charge in [0.05, 0.1) is 19.8 Å². The molecule has 2 heterocycles. The maximum Gasteiger partial charge on any atom is 0.306 e. The summed E-state index contributed by atoms with van der Waals surface area (Å²) in [4.78, 5) is 25.9. The average molecular weight is 1030 g/mol. The van der Waals surface area contributed by atoms with Crippen molar-refractivity contribution in [3.8, 4) is 0 Å². The SMILES string of the molecule is CC/C=C\C/C=C\C/C=C\C/C=C\CCCCCCCCCCC(=O)OC(COC(=O)CCCCCCCCCCCCCCCCC)COC1OC(COC2OC(CO)C(O)C(O)C2O)C(O)C(O)C1O. The molecule has 418 valence electrons. The normalized spacial score (nSPS) is 25.3. The minimum atomic E-state index is -1.77. The maximum atomic E-state index is 13.1. The minimum Gasteiger partial charge on any atom is -0.462 e. The summed E-state index contributed by atoms with van der Waals surface area (Å²) in [7, 11) is 0. The molecule has 7 N–H and O–H groups in total. The summed E-state index contributed by atoms with van der Waals surface area (Å²) >= 11 is 0. The molecule has 2 aliphatic heterocycles. The van der Waals surface area contributed by atoms with Gasteiger partial charge in [0.2, 0.25) is 0 Å². The molecule has 2 saturated heterocycles. The summed E-state index contributed by atoms with van der Waals surface area (Å²) < 4.78 is 33.7. The Morgan fingerprint density at radius 1 is 0.458 bits per heavy atom. The van der Waals surface area contributed by atoms with Crippen LogP contribution in [0.15, 0.2) is 48.6 Å². The summed E-state index contributed by atoms with van der Waals surface area (Å²) in [6.07, 6.45) is 32.7. The second kappa shape index (κ2) is 43.7. The Morgan fingerprint density at radius 2 is 0.875 bits per heavy atom. The van der Waals surface area contributed by atoms with Crippen LogP contribution in [0.1, 0.15) is 206 Å².